The van der Waals surface area contributed by atoms with Gasteiger partial charge in [0.25, 0.3) is 0 Å². The quantitative estimate of drug-likeness (QED) is 0.357. The molecule has 0 aromatic carbocycles. The average molecular weight is 272 g/mol. The van der Waals surface area contributed by atoms with Crippen molar-refractivity contribution in [2.45, 2.75) is 11.8 Å². The van der Waals surface area contributed by atoms with E-state index in [9.17, 15) is 9.13 Å². The Morgan fingerprint density at radius 3 is 2.06 bits per heavy atom. The maximum absolute atomic E-state index is 10.9. The van der Waals surface area contributed by atoms with E-state index in [2.05, 4.69) is 4.98 Å². The van der Waals surface area contributed by atoms with Crippen LogP contribution in [0.5, 0.6) is 0 Å². The molecule has 0 atom stereocenters. The lowest BCUT2D eigenvalue weighted by Gasteiger charge is -2.18. The van der Waals surface area contributed by atoms with E-state index in [1.807, 2.05) is 0 Å². The molecule has 0 unspecified atom stereocenters. The summed E-state index contributed by atoms with van der Waals surface area (Å²) in [5.41, 5.74) is 0. The average Bonchev–Trinajstić information content (AvgIpc) is 2.42. The van der Waals surface area contributed by atoms with Gasteiger partial charge in [-0.25, -0.2) is 4.98 Å². The molecule has 1 rings (SSSR count). The molecule has 0 saturated heterocycles. The van der Waals surface area contributed by atoms with Gasteiger partial charge in [-0.2, -0.15) is 4.73 Å². The van der Waals surface area contributed by atoms with Gasteiger partial charge in [0.15, 0.2) is 5.40 Å². The molecular formula is C5H10N2O7P2. The van der Waals surface area contributed by atoms with E-state index >= 15 is 0 Å². The minimum Gasteiger partial charge on any atom is -0.427 e. The number of hydrogen-bond acceptors (Lipinski definition) is 4. The third kappa shape index (κ3) is 3.15. The molecule has 0 saturated carbocycles. The molecule has 0 bridgehead atoms. The van der Waals surface area contributed by atoms with Crippen molar-refractivity contribution >= 4 is 15.2 Å². The van der Waals surface area contributed by atoms with Crippen LogP contribution in [0, 0.1) is 0 Å². The van der Waals surface area contributed by atoms with Crippen LogP contribution in [0.15, 0.2) is 12.4 Å². The maximum atomic E-state index is 10.9. The molecule has 0 fully saturated rings. The minimum absolute atomic E-state index is 0.239. The second kappa shape index (κ2) is 4.29. The van der Waals surface area contributed by atoms with Crippen molar-refractivity contribution in [2.75, 3.05) is 0 Å². The Bertz CT molecular complexity index is 437. The molecule has 0 spiro atoms. The predicted octanol–water partition coefficient (Wildman–Crippen LogP) is -0.656. The molecule has 5 N–H and O–H groups in total. The fourth-order valence-electron chi connectivity index (χ4n) is 1.07. The van der Waals surface area contributed by atoms with Gasteiger partial charge in [0.1, 0.15) is 5.82 Å². The molecule has 16 heavy (non-hydrogen) atoms. The topological polar surface area (TPSA) is 153 Å². The summed E-state index contributed by atoms with van der Waals surface area (Å²) >= 11 is 0. The SMILES string of the molecule is O=P(O)(O)C(Cc1nccn1O)P(=O)(O)O. The molecule has 11 heteroatoms. The van der Waals surface area contributed by atoms with Gasteiger partial charge >= 0.3 is 15.2 Å². The van der Waals surface area contributed by atoms with Gasteiger partial charge in [-0.05, 0) is 0 Å². The van der Waals surface area contributed by atoms with Crippen LogP contribution in [0.4, 0.5) is 0 Å². The highest BCUT2D eigenvalue weighted by atomic mass is 31.2. The Hall–Kier alpha value is -0.690. The third-order valence-corrected chi connectivity index (χ3v) is 5.56. The minimum atomic E-state index is -4.99. The van der Waals surface area contributed by atoms with Gasteiger partial charge in [0.05, 0.1) is 6.20 Å². The van der Waals surface area contributed by atoms with E-state index in [-0.39, 0.29) is 5.82 Å². The monoisotopic (exact) mass is 272 g/mol. The zero-order chi connectivity index (χ0) is 12.6. The van der Waals surface area contributed by atoms with Crippen molar-refractivity contribution in [3.8, 4) is 0 Å². The lowest BCUT2D eigenvalue weighted by Crippen LogP contribution is -2.15. The Labute approximate surface area is 89.7 Å². The molecule has 9 nitrogen and oxygen atoms in total. The fourth-order valence-corrected chi connectivity index (χ4v) is 3.44. The van der Waals surface area contributed by atoms with E-state index < -0.39 is 27.0 Å². The Kier molecular flexibility index (Phi) is 3.59. The van der Waals surface area contributed by atoms with Crippen molar-refractivity contribution in [3.05, 3.63) is 18.2 Å². The zero-order valence-electron chi connectivity index (χ0n) is 7.78. The van der Waals surface area contributed by atoms with Crippen LogP contribution >= 0.6 is 15.2 Å². The predicted molar refractivity (Wildman–Crippen MR) is 51.0 cm³/mol. The Morgan fingerprint density at radius 2 is 1.75 bits per heavy atom. The second-order valence-corrected chi connectivity index (χ2v) is 7.06. The molecule has 0 amide bonds. The summed E-state index contributed by atoms with van der Waals surface area (Å²) in [5.74, 6) is -0.239. The maximum Gasteiger partial charge on any atom is 0.341 e. The second-order valence-electron chi connectivity index (χ2n) is 3.05. The molecule has 92 valence electrons. The van der Waals surface area contributed by atoms with Gasteiger partial charge in [0, 0.05) is 12.6 Å². The lowest BCUT2D eigenvalue weighted by atomic mass is 10.5. The van der Waals surface area contributed by atoms with Gasteiger partial charge in [-0.1, -0.05) is 0 Å². The summed E-state index contributed by atoms with van der Waals surface area (Å²) in [6.45, 7) is 0. The van der Waals surface area contributed by atoms with Gasteiger partial charge in [-0.3, -0.25) is 9.13 Å². The summed E-state index contributed by atoms with van der Waals surface area (Å²) in [4.78, 5) is 38.7. The molecule has 1 heterocycles. The standard InChI is InChI=1S/C5H10N2O7P2/c8-7-2-1-6-4(7)3-5(15(9,10)11)16(12,13)14/h1-2,5,8H,3H2,(H2,9,10,11)(H2,12,13,14). The normalized spacial score (nSPS) is 13.3. The third-order valence-electron chi connectivity index (χ3n) is 1.84. The Balaban J connectivity index is 3.03. The van der Waals surface area contributed by atoms with Crippen molar-refractivity contribution in [1.29, 1.82) is 0 Å². The molecule has 1 aromatic heterocycles. The highest BCUT2D eigenvalue weighted by molar-refractivity contribution is 7.70. The van der Waals surface area contributed by atoms with Crippen molar-refractivity contribution in [3.63, 3.8) is 0 Å². The van der Waals surface area contributed by atoms with E-state index in [0.717, 1.165) is 12.4 Å². The first kappa shape index (κ1) is 13.4. The first-order chi connectivity index (χ1) is 7.12. The van der Waals surface area contributed by atoms with E-state index in [1.54, 1.807) is 0 Å². The molecule has 1 aromatic rings. The summed E-state index contributed by atoms with van der Waals surface area (Å²) < 4.78 is 22.2. The molecular weight excluding hydrogens is 262 g/mol. The summed E-state index contributed by atoms with van der Waals surface area (Å²) in [5, 5.41) is 6.88. The van der Waals surface area contributed by atoms with Crippen LogP contribution < -0.4 is 0 Å². The molecule has 0 aliphatic rings. The molecule has 0 aliphatic carbocycles. The largest absolute Gasteiger partial charge is 0.427 e. The van der Waals surface area contributed by atoms with Crippen LogP contribution in [0.1, 0.15) is 5.82 Å². The number of aromatic nitrogens is 2. The summed E-state index contributed by atoms with van der Waals surface area (Å²) in [6.07, 6.45) is 1.48. The van der Waals surface area contributed by atoms with Crippen LogP contribution in [0.3, 0.4) is 0 Å². The summed E-state index contributed by atoms with van der Waals surface area (Å²) in [7, 11) is -9.97. The molecule has 0 radical (unpaired) electrons. The van der Waals surface area contributed by atoms with E-state index in [4.69, 9.17) is 24.8 Å². The van der Waals surface area contributed by atoms with Crippen molar-refractivity contribution < 1.29 is 33.9 Å². The zero-order valence-corrected chi connectivity index (χ0v) is 9.57. The van der Waals surface area contributed by atoms with Crippen LogP contribution in [-0.2, 0) is 15.6 Å². The van der Waals surface area contributed by atoms with Crippen molar-refractivity contribution in [2.24, 2.45) is 0 Å². The van der Waals surface area contributed by atoms with Gasteiger partial charge in [-0.15, -0.1) is 0 Å². The van der Waals surface area contributed by atoms with Gasteiger partial charge in [0.2, 0.25) is 0 Å². The molecule has 0 aliphatic heterocycles. The Morgan fingerprint density at radius 1 is 1.25 bits per heavy atom. The van der Waals surface area contributed by atoms with E-state index in [1.165, 1.54) is 0 Å². The van der Waals surface area contributed by atoms with Crippen molar-refractivity contribution in [1.82, 2.24) is 9.71 Å². The van der Waals surface area contributed by atoms with Crippen LogP contribution in [-0.4, -0.2) is 39.9 Å². The number of hydrogen-bond donors (Lipinski definition) is 5. The number of rotatable bonds is 4. The highest BCUT2D eigenvalue weighted by Gasteiger charge is 2.44. The lowest BCUT2D eigenvalue weighted by molar-refractivity contribution is 0.175. The van der Waals surface area contributed by atoms with Crippen LogP contribution in [0.25, 0.3) is 0 Å². The summed E-state index contributed by atoms with van der Waals surface area (Å²) in [6, 6.07) is 0. The van der Waals surface area contributed by atoms with Gasteiger partial charge < -0.3 is 24.8 Å². The fraction of sp³-hybridized carbons (Fsp3) is 0.400. The van der Waals surface area contributed by atoms with Crippen LogP contribution in [0.2, 0.25) is 0 Å². The number of imidazole rings is 1. The smallest absolute Gasteiger partial charge is 0.341 e. The van der Waals surface area contributed by atoms with E-state index in [0.29, 0.717) is 4.73 Å². The first-order valence-electron chi connectivity index (χ1n) is 3.94. The highest BCUT2D eigenvalue weighted by Crippen LogP contribution is 2.60. The number of nitrogens with zero attached hydrogens (tertiary/aromatic N) is 2. The first-order valence-corrected chi connectivity index (χ1v) is 7.30.